The van der Waals surface area contributed by atoms with Crippen LogP contribution in [0, 0.1) is 12.3 Å². The lowest BCUT2D eigenvalue weighted by Crippen LogP contribution is -2.21. The first-order valence-corrected chi connectivity index (χ1v) is 5.96. The van der Waals surface area contributed by atoms with Crippen LogP contribution in [-0.2, 0) is 0 Å². The van der Waals surface area contributed by atoms with E-state index in [2.05, 4.69) is 0 Å². The molecule has 1 N–H and O–H groups in total. The molecule has 1 fully saturated rings. The first kappa shape index (κ1) is 12.9. The zero-order valence-corrected chi connectivity index (χ0v) is 10.9. The van der Waals surface area contributed by atoms with E-state index in [1.54, 1.807) is 19.2 Å². The van der Waals surface area contributed by atoms with Crippen molar-refractivity contribution in [3.63, 3.8) is 0 Å². The number of methoxy groups -OCH3 is 2. The SMILES string of the molecule is COc1cc(C(=O)C2(CO)CC2)c(OC)cc1C. The number of ketones is 1. The fourth-order valence-electron chi connectivity index (χ4n) is 2.12. The molecule has 4 nitrogen and oxygen atoms in total. The van der Waals surface area contributed by atoms with Crippen molar-refractivity contribution in [1.29, 1.82) is 0 Å². The van der Waals surface area contributed by atoms with Crippen LogP contribution in [0.5, 0.6) is 11.5 Å². The normalized spacial score (nSPS) is 16.2. The molecule has 0 bridgehead atoms. The number of carbonyl (C=O) groups is 1. The number of hydrogen-bond acceptors (Lipinski definition) is 4. The van der Waals surface area contributed by atoms with E-state index in [4.69, 9.17) is 9.47 Å². The van der Waals surface area contributed by atoms with E-state index in [0.717, 1.165) is 18.4 Å². The molecule has 0 amide bonds. The molecule has 4 heteroatoms. The first-order valence-electron chi connectivity index (χ1n) is 5.96. The average Bonchev–Trinajstić information content (AvgIpc) is 3.18. The van der Waals surface area contributed by atoms with Crippen molar-refractivity contribution in [1.82, 2.24) is 0 Å². The molecule has 1 aliphatic carbocycles. The smallest absolute Gasteiger partial charge is 0.175 e. The second-order valence-corrected chi connectivity index (χ2v) is 4.79. The summed E-state index contributed by atoms with van der Waals surface area (Å²) in [5.74, 6) is 1.14. The summed E-state index contributed by atoms with van der Waals surface area (Å²) < 4.78 is 10.5. The summed E-state index contributed by atoms with van der Waals surface area (Å²) in [5.41, 5.74) is 0.819. The molecule has 0 heterocycles. The molecule has 2 rings (SSSR count). The van der Waals surface area contributed by atoms with Crippen molar-refractivity contribution in [3.8, 4) is 11.5 Å². The molecular weight excluding hydrogens is 232 g/mol. The Bertz CT molecular complexity index is 475. The van der Waals surface area contributed by atoms with E-state index in [1.165, 1.54) is 7.11 Å². The highest BCUT2D eigenvalue weighted by Gasteiger charge is 2.50. The van der Waals surface area contributed by atoms with Gasteiger partial charge >= 0.3 is 0 Å². The van der Waals surface area contributed by atoms with Crippen LogP contribution in [0.15, 0.2) is 12.1 Å². The highest BCUT2D eigenvalue weighted by atomic mass is 16.5. The van der Waals surface area contributed by atoms with Crippen LogP contribution < -0.4 is 9.47 Å². The second-order valence-electron chi connectivity index (χ2n) is 4.79. The lowest BCUT2D eigenvalue weighted by molar-refractivity contribution is 0.0826. The predicted molar refractivity (Wildman–Crippen MR) is 67.4 cm³/mol. The highest BCUT2D eigenvalue weighted by Crippen LogP contribution is 2.49. The molecule has 0 aromatic heterocycles. The Morgan fingerprint density at radius 3 is 2.33 bits per heavy atom. The lowest BCUT2D eigenvalue weighted by atomic mass is 9.94. The molecule has 0 atom stereocenters. The van der Waals surface area contributed by atoms with Crippen LogP contribution in [0.1, 0.15) is 28.8 Å². The monoisotopic (exact) mass is 250 g/mol. The quantitative estimate of drug-likeness (QED) is 0.812. The largest absolute Gasteiger partial charge is 0.496 e. The Hall–Kier alpha value is -1.55. The fourth-order valence-corrected chi connectivity index (χ4v) is 2.12. The number of Topliss-reactive ketones (excluding diaryl/α,β-unsaturated/α-hetero) is 1. The van der Waals surface area contributed by atoms with E-state index >= 15 is 0 Å². The van der Waals surface area contributed by atoms with Crippen LogP contribution in [0.2, 0.25) is 0 Å². The molecule has 1 aliphatic rings. The topological polar surface area (TPSA) is 55.8 Å². The Kier molecular flexibility index (Phi) is 3.30. The average molecular weight is 250 g/mol. The maximum Gasteiger partial charge on any atom is 0.175 e. The number of aryl methyl sites for hydroxylation is 1. The van der Waals surface area contributed by atoms with Crippen molar-refractivity contribution in [3.05, 3.63) is 23.3 Å². The summed E-state index contributed by atoms with van der Waals surface area (Å²) in [6.07, 6.45) is 1.48. The zero-order valence-electron chi connectivity index (χ0n) is 10.9. The van der Waals surface area contributed by atoms with Gasteiger partial charge < -0.3 is 14.6 Å². The predicted octanol–water partition coefficient (Wildman–Crippen LogP) is 1.97. The van der Waals surface area contributed by atoms with Gasteiger partial charge in [0.05, 0.1) is 31.8 Å². The van der Waals surface area contributed by atoms with Gasteiger partial charge in [-0.25, -0.2) is 0 Å². The second kappa shape index (κ2) is 4.61. The van der Waals surface area contributed by atoms with Crippen LogP contribution >= 0.6 is 0 Å². The van der Waals surface area contributed by atoms with Crippen molar-refractivity contribution in [2.24, 2.45) is 5.41 Å². The minimum absolute atomic E-state index is 0.0554. The zero-order chi connectivity index (χ0) is 13.3. The summed E-state index contributed by atoms with van der Waals surface area (Å²) in [6, 6.07) is 3.49. The van der Waals surface area contributed by atoms with E-state index in [0.29, 0.717) is 17.1 Å². The summed E-state index contributed by atoms with van der Waals surface area (Å²) in [4.78, 5) is 12.4. The summed E-state index contributed by atoms with van der Waals surface area (Å²) in [5, 5.41) is 9.34. The molecule has 0 spiro atoms. The van der Waals surface area contributed by atoms with Gasteiger partial charge in [0.25, 0.3) is 0 Å². The molecule has 1 saturated carbocycles. The van der Waals surface area contributed by atoms with E-state index in [-0.39, 0.29) is 12.4 Å². The fraction of sp³-hybridized carbons (Fsp3) is 0.500. The molecule has 18 heavy (non-hydrogen) atoms. The number of aliphatic hydroxyl groups excluding tert-OH is 1. The Morgan fingerprint density at radius 2 is 1.89 bits per heavy atom. The highest BCUT2D eigenvalue weighted by molar-refractivity contribution is 6.05. The van der Waals surface area contributed by atoms with Gasteiger partial charge in [-0.2, -0.15) is 0 Å². The Morgan fingerprint density at radius 1 is 1.28 bits per heavy atom. The molecular formula is C14H18O4. The molecule has 1 aromatic rings. The third-order valence-corrected chi connectivity index (χ3v) is 3.60. The van der Waals surface area contributed by atoms with Gasteiger partial charge in [0.1, 0.15) is 11.5 Å². The van der Waals surface area contributed by atoms with Crippen LogP contribution in [0.4, 0.5) is 0 Å². The maximum atomic E-state index is 12.4. The molecule has 0 aliphatic heterocycles. The van der Waals surface area contributed by atoms with Gasteiger partial charge in [-0.15, -0.1) is 0 Å². The molecule has 0 radical (unpaired) electrons. The van der Waals surface area contributed by atoms with Gasteiger partial charge in [0.15, 0.2) is 5.78 Å². The van der Waals surface area contributed by atoms with E-state index in [9.17, 15) is 9.90 Å². The summed E-state index contributed by atoms with van der Waals surface area (Å²) in [7, 11) is 3.11. The number of hydrogen-bond donors (Lipinski definition) is 1. The number of aliphatic hydroxyl groups is 1. The molecule has 1 aromatic carbocycles. The third kappa shape index (κ3) is 1.97. The lowest BCUT2D eigenvalue weighted by Gasteiger charge is -2.16. The van der Waals surface area contributed by atoms with Gasteiger partial charge in [0.2, 0.25) is 0 Å². The summed E-state index contributed by atoms with van der Waals surface area (Å²) >= 11 is 0. The van der Waals surface area contributed by atoms with Crippen LogP contribution in [0.25, 0.3) is 0 Å². The van der Waals surface area contributed by atoms with Crippen LogP contribution in [0.3, 0.4) is 0 Å². The number of rotatable bonds is 5. The van der Waals surface area contributed by atoms with Gasteiger partial charge in [-0.05, 0) is 37.5 Å². The molecule has 0 saturated heterocycles. The van der Waals surface area contributed by atoms with Crippen molar-refractivity contribution >= 4 is 5.78 Å². The van der Waals surface area contributed by atoms with Crippen LogP contribution in [-0.4, -0.2) is 31.7 Å². The van der Waals surface area contributed by atoms with Gasteiger partial charge in [0, 0.05) is 0 Å². The molecule has 0 unspecified atom stereocenters. The van der Waals surface area contributed by atoms with Crippen molar-refractivity contribution in [2.75, 3.05) is 20.8 Å². The number of ether oxygens (including phenoxy) is 2. The Balaban J connectivity index is 2.45. The Labute approximate surface area is 107 Å². The summed E-state index contributed by atoms with van der Waals surface area (Å²) in [6.45, 7) is 1.79. The minimum atomic E-state index is -0.590. The van der Waals surface area contributed by atoms with Gasteiger partial charge in [-0.3, -0.25) is 4.79 Å². The minimum Gasteiger partial charge on any atom is -0.496 e. The first-order chi connectivity index (χ1) is 8.57. The van der Waals surface area contributed by atoms with Crippen molar-refractivity contribution < 1.29 is 19.4 Å². The number of benzene rings is 1. The van der Waals surface area contributed by atoms with E-state index in [1.807, 2.05) is 6.92 Å². The third-order valence-electron chi connectivity index (χ3n) is 3.60. The number of carbonyl (C=O) groups excluding carboxylic acids is 1. The standard InChI is InChI=1S/C14H18O4/c1-9-6-12(18-3)10(7-11(9)17-2)13(16)14(8-15)4-5-14/h6-7,15H,4-5,8H2,1-3H3. The molecule has 98 valence electrons. The maximum absolute atomic E-state index is 12.4. The van der Waals surface area contributed by atoms with E-state index < -0.39 is 5.41 Å². The van der Waals surface area contributed by atoms with Crippen molar-refractivity contribution in [2.45, 2.75) is 19.8 Å². The van der Waals surface area contributed by atoms with Gasteiger partial charge in [-0.1, -0.05) is 0 Å².